The highest BCUT2D eigenvalue weighted by Gasteiger charge is 2.35. The Morgan fingerprint density at radius 3 is 2.76 bits per heavy atom. The van der Waals surface area contributed by atoms with Crippen molar-refractivity contribution in [3.05, 3.63) is 28.0 Å². The van der Waals surface area contributed by atoms with Gasteiger partial charge in [-0.3, -0.25) is 4.98 Å². The number of nitrogens with zero attached hydrogens (tertiary/aromatic N) is 1. The number of aryl methyl sites for hydroxylation is 1. The summed E-state index contributed by atoms with van der Waals surface area (Å²) >= 11 is 3.43. The quantitative estimate of drug-likeness (QED) is 0.721. The number of hydrogen-bond donors (Lipinski definition) is 2. The molecule has 1 aliphatic rings. The SMILES string of the molecule is CC(C)(C)OC(=O)N[C@@H]1c2ncc(Br)cc2CC[C@@H]1OC[C@@](C)(O)[Si]. The van der Waals surface area contributed by atoms with E-state index >= 15 is 0 Å². The fraction of sp³-hybridized carbons (Fsp3) is 0.647. The van der Waals surface area contributed by atoms with Crippen LogP contribution < -0.4 is 5.32 Å². The number of carbonyl (C=O) groups excluding carboxylic acids is 1. The molecule has 1 heterocycles. The largest absolute Gasteiger partial charge is 0.444 e. The van der Waals surface area contributed by atoms with Gasteiger partial charge < -0.3 is 19.9 Å². The third kappa shape index (κ3) is 6.36. The summed E-state index contributed by atoms with van der Waals surface area (Å²) in [5, 5.41) is 11.6. The average molecular weight is 428 g/mol. The summed E-state index contributed by atoms with van der Waals surface area (Å²) in [6.07, 6.45) is 2.35. The molecule has 1 aromatic rings. The smallest absolute Gasteiger partial charge is 0.408 e. The Balaban J connectivity index is 2.21. The second-order valence-corrected chi connectivity index (χ2v) is 9.48. The molecule has 1 aliphatic carbocycles. The zero-order valence-electron chi connectivity index (χ0n) is 14.9. The van der Waals surface area contributed by atoms with Crippen molar-refractivity contribution in [1.29, 1.82) is 0 Å². The van der Waals surface area contributed by atoms with Crippen LogP contribution in [0.15, 0.2) is 16.7 Å². The average Bonchev–Trinajstić information content (AvgIpc) is 2.43. The number of carbonyl (C=O) groups is 1. The van der Waals surface area contributed by atoms with Crippen LogP contribution in [0.25, 0.3) is 0 Å². The molecule has 0 saturated heterocycles. The molecule has 0 aromatic carbocycles. The Bertz CT molecular complexity index is 628. The van der Waals surface area contributed by atoms with Crippen molar-refractivity contribution in [2.24, 2.45) is 0 Å². The minimum absolute atomic E-state index is 0.0902. The number of halogens is 1. The molecule has 3 atom stereocenters. The molecule has 0 bridgehead atoms. The second kappa shape index (κ2) is 7.73. The van der Waals surface area contributed by atoms with Crippen molar-refractivity contribution in [2.75, 3.05) is 6.61 Å². The van der Waals surface area contributed by atoms with Crippen LogP contribution in [-0.2, 0) is 15.9 Å². The van der Waals surface area contributed by atoms with Crippen LogP contribution >= 0.6 is 15.9 Å². The number of ether oxygens (including phenoxy) is 2. The lowest BCUT2D eigenvalue weighted by molar-refractivity contribution is -0.0442. The lowest BCUT2D eigenvalue weighted by atomic mass is 9.89. The van der Waals surface area contributed by atoms with Gasteiger partial charge in [-0.1, -0.05) is 0 Å². The van der Waals surface area contributed by atoms with E-state index in [4.69, 9.17) is 9.47 Å². The van der Waals surface area contributed by atoms with E-state index in [0.717, 1.165) is 22.2 Å². The third-order valence-electron chi connectivity index (χ3n) is 3.58. The highest BCUT2D eigenvalue weighted by molar-refractivity contribution is 9.10. The molecule has 0 saturated carbocycles. The first kappa shape index (κ1) is 20.4. The maximum atomic E-state index is 12.3. The molecule has 0 unspecified atom stereocenters. The maximum Gasteiger partial charge on any atom is 0.408 e. The summed E-state index contributed by atoms with van der Waals surface area (Å²) in [6.45, 7) is 7.13. The van der Waals surface area contributed by atoms with Gasteiger partial charge in [-0.2, -0.15) is 0 Å². The van der Waals surface area contributed by atoms with Crippen LogP contribution in [0.1, 0.15) is 51.4 Å². The van der Waals surface area contributed by atoms with Gasteiger partial charge in [0.15, 0.2) is 0 Å². The summed E-state index contributed by atoms with van der Waals surface area (Å²) < 4.78 is 12.1. The van der Waals surface area contributed by atoms with Crippen molar-refractivity contribution in [1.82, 2.24) is 10.3 Å². The van der Waals surface area contributed by atoms with Crippen LogP contribution in [-0.4, -0.2) is 50.0 Å². The topological polar surface area (TPSA) is 80.7 Å². The Morgan fingerprint density at radius 1 is 1.48 bits per heavy atom. The molecule has 3 radical (unpaired) electrons. The molecule has 8 heteroatoms. The van der Waals surface area contributed by atoms with Gasteiger partial charge in [-0.05, 0) is 68.1 Å². The predicted molar refractivity (Wildman–Crippen MR) is 98.5 cm³/mol. The lowest BCUT2D eigenvalue weighted by Gasteiger charge is -2.35. The first-order valence-electron chi connectivity index (χ1n) is 8.17. The molecule has 0 spiro atoms. The van der Waals surface area contributed by atoms with Gasteiger partial charge in [0.05, 0.1) is 33.9 Å². The van der Waals surface area contributed by atoms with E-state index in [2.05, 4.69) is 36.5 Å². The maximum absolute atomic E-state index is 12.3. The molecule has 2 N–H and O–H groups in total. The highest BCUT2D eigenvalue weighted by Crippen LogP contribution is 2.32. The van der Waals surface area contributed by atoms with Gasteiger partial charge in [0.2, 0.25) is 0 Å². The Kier molecular flexibility index (Phi) is 6.29. The van der Waals surface area contributed by atoms with Crippen LogP contribution in [0.4, 0.5) is 4.79 Å². The Morgan fingerprint density at radius 2 is 2.16 bits per heavy atom. The Labute approximate surface area is 160 Å². The first-order chi connectivity index (χ1) is 11.4. The number of hydrogen-bond acceptors (Lipinski definition) is 5. The zero-order chi connectivity index (χ0) is 18.8. The van der Waals surface area contributed by atoms with Gasteiger partial charge in [-0.15, -0.1) is 0 Å². The van der Waals surface area contributed by atoms with Crippen molar-refractivity contribution in [3.8, 4) is 0 Å². The van der Waals surface area contributed by atoms with Crippen LogP contribution in [0.5, 0.6) is 0 Å². The number of pyridine rings is 1. The fourth-order valence-electron chi connectivity index (χ4n) is 2.66. The number of amides is 1. The van der Waals surface area contributed by atoms with Gasteiger partial charge in [0, 0.05) is 10.7 Å². The summed E-state index contributed by atoms with van der Waals surface area (Å²) in [5.74, 6) is 0. The van der Waals surface area contributed by atoms with Crippen molar-refractivity contribution >= 4 is 32.3 Å². The number of fused-ring (bicyclic) bond motifs is 1. The standard InChI is InChI=1S/C17H24BrN2O4Si/c1-16(2,3)24-15(21)20-14-12(23-9-17(4,22)25)6-5-10-7-11(18)8-19-13(10)14/h7-8,12,14,22H,5-6,9H2,1-4H3,(H,20,21)/t12-,14-,17-/m0/s1. The normalized spacial score (nSPS) is 22.7. The molecular formula is C17H24BrN2O4Si. The van der Waals surface area contributed by atoms with Gasteiger partial charge in [0.25, 0.3) is 0 Å². The molecule has 1 aromatic heterocycles. The molecule has 0 aliphatic heterocycles. The number of nitrogens with one attached hydrogen (secondary N) is 1. The highest BCUT2D eigenvalue weighted by atomic mass is 79.9. The van der Waals surface area contributed by atoms with E-state index in [1.54, 1.807) is 13.1 Å². The summed E-state index contributed by atoms with van der Waals surface area (Å²) in [6, 6.07) is 1.56. The van der Waals surface area contributed by atoms with E-state index in [1.165, 1.54) is 0 Å². The number of alkyl carbamates (subject to hydrolysis) is 1. The number of rotatable bonds is 4. The molecule has 6 nitrogen and oxygen atoms in total. The van der Waals surface area contributed by atoms with Crippen LogP contribution in [0.2, 0.25) is 0 Å². The minimum atomic E-state index is -1.14. The van der Waals surface area contributed by atoms with E-state index in [0.29, 0.717) is 6.42 Å². The van der Waals surface area contributed by atoms with E-state index in [1.807, 2.05) is 26.8 Å². The first-order valence-corrected chi connectivity index (χ1v) is 9.47. The van der Waals surface area contributed by atoms with Gasteiger partial charge in [0.1, 0.15) is 11.6 Å². The van der Waals surface area contributed by atoms with Crippen molar-refractivity contribution < 1.29 is 19.4 Å². The van der Waals surface area contributed by atoms with Crippen molar-refractivity contribution in [3.63, 3.8) is 0 Å². The lowest BCUT2D eigenvalue weighted by Crippen LogP contribution is -2.45. The Hall–Kier alpha value is -0.963. The fourth-order valence-corrected chi connectivity index (χ4v) is 3.12. The van der Waals surface area contributed by atoms with E-state index in [9.17, 15) is 9.90 Å². The summed E-state index contributed by atoms with van der Waals surface area (Å²) in [4.78, 5) is 16.7. The molecular weight excluding hydrogens is 404 g/mol. The summed E-state index contributed by atoms with van der Waals surface area (Å²) in [5.41, 5.74) is 1.23. The third-order valence-corrected chi connectivity index (χ3v) is 4.16. The van der Waals surface area contributed by atoms with Crippen molar-refractivity contribution in [2.45, 2.75) is 63.5 Å². The summed E-state index contributed by atoms with van der Waals surface area (Å²) in [7, 11) is 3.21. The van der Waals surface area contributed by atoms with E-state index in [-0.39, 0.29) is 12.7 Å². The molecule has 2 rings (SSSR count). The predicted octanol–water partition coefficient (Wildman–Crippen LogP) is 2.62. The minimum Gasteiger partial charge on any atom is -0.444 e. The number of aliphatic hydroxyl groups is 1. The molecule has 1 amide bonds. The van der Waals surface area contributed by atoms with Gasteiger partial charge in [-0.25, -0.2) is 4.79 Å². The molecule has 25 heavy (non-hydrogen) atoms. The van der Waals surface area contributed by atoms with Gasteiger partial charge >= 0.3 is 6.09 Å². The molecule has 137 valence electrons. The zero-order valence-corrected chi connectivity index (χ0v) is 17.5. The monoisotopic (exact) mass is 427 g/mol. The van der Waals surface area contributed by atoms with E-state index < -0.39 is 23.0 Å². The number of aromatic nitrogens is 1. The molecule has 0 fully saturated rings. The second-order valence-electron chi connectivity index (χ2n) is 7.48. The van der Waals surface area contributed by atoms with Crippen LogP contribution in [0.3, 0.4) is 0 Å². The van der Waals surface area contributed by atoms with Crippen LogP contribution in [0, 0.1) is 0 Å².